The molecule has 2 aliphatic rings. The van der Waals surface area contributed by atoms with Crippen molar-refractivity contribution in [2.75, 3.05) is 30.3 Å². The second kappa shape index (κ2) is 11.8. The van der Waals surface area contributed by atoms with E-state index in [-0.39, 0.29) is 30.3 Å². The molecule has 0 spiro atoms. The van der Waals surface area contributed by atoms with Gasteiger partial charge in [-0.05, 0) is 49.8 Å². The number of benzene rings is 1. The first-order valence-electron chi connectivity index (χ1n) is 13.5. The number of anilines is 2. The quantitative estimate of drug-likeness (QED) is 0.317. The number of nitrogens with two attached hydrogens (primary N) is 1. The normalized spacial score (nSPS) is 19.9. The van der Waals surface area contributed by atoms with Crippen molar-refractivity contribution in [3.8, 4) is 22.7 Å². The predicted octanol–water partition coefficient (Wildman–Crippen LogP) is 2.91. The van der Waals surface area contributed by atoms with E-state index in [2.05, 4.69) is 27.1 Å². The number of hydrogen-bond donors (Lipinski definition) is 2. The van der Waals surface area contributed by atoms with Gasteiger partial charge in [-0.3, -0.25) is 19.3 Å². The summed E-state index contributed by atoms with van der Waals surface area (Å²) in [5.74, 6) is -0.582. The lowest BCUT2D eigenvalue weighted by Crippen LogP contribution is -2.54. The van der Waals surface area contributed by atoms with Gasteiger partial charge in [0, 0.05) is 24.7 Å². The Morgan fingerprint density at radius 3 is 2.62 bits per heavy atom. The van der Waals surface area contributed by atoms with Crippen molar-refractivity contribution in [3.05, 3.63) is 42.7 Å². The van der Waals surface area contributed by atoms with Crippen LogP contribution in [-0.4, -0.2) is 73.5 Å². The first-order valence-corrected chi connectivity index (χ1v) is 13.5. The van der Waals surface area contributed by atoms with Gasteiger partial charge in [0.05, 0.1) is 43.2 Å². The number of esters is 1. The molecular weight excluding hydrogens is 514 g/mol. The highest BCUT2D eigenvalue weighted by Crippen LogP contribution is 2.32. The third-order valence-corrected chi connectivity index (χ3v) is 7.61. The molecule has 12 heteroatoms. The van der Waals surface area contributed by atoms with Crippen molar-refractivity contribution in [2.45, 2.75) is 51.5 Å². The zero-order valence-corrected chi connectivity index (χ0v) is 22.4. The number of aromatic nitrogens is 4. The summed E-state index contributed by atoms with van der Waals surface area (Å²) in [4.78, 5) is 40.1. The van der Waals surface area contributed by atoms with Crippen molar-refractivity contribution < 1.29 is 24.2 Å². The Labute approximate surface area is 231 Å². The highest BCUT2D eigenvalue weighted by Gasteiger charge is 2.32. The fourth-order valence-electron chi connectivity index (χ4n) is 5.32. The van der Waals surface area contributed by atoms with Crippen molar-refractivity contribution in [3.63, 3.8) is 0 Å². The van der Waals surface area contributed by atoms with Gasteiger partial charge in [0.1, 0.15) is 11.4 Å². The number of carboxylic acids is 1. The highest BCUT2D eigenvalue weighted by molar-refractivity contribution is 5.95. The molecular formula is C28H33N7O5. The van der Waals surface area contributed by atoms with Crippen molar-refractivity contribution in [2.24, 2.45) is 5.92 Å². The van der Waals surface area contributed by atoms with Gasteiger partial charge >= 0.3 is 11.9 Å². The number of rotatable bonds is 8. The van der Waals surface area contributed by atoms with Crippen LogP contribution in [0.2, 0.25) is 0 Å². The number of nitrogen functional groups attached to an aromatic ring is 1. The molecule has 0 unspecified atom stereocenters. The minimum Gasteiger partial charge on any atom is -0.481 e. The van der Waals surface area contributed by atoms with Crippen molar-refractivity contribution in [1.29, 1.82) is 0 Å². The molecule has 1 aliphatic carbocycles. The standard InChI is InChI=1S/C28H33N7O5/c1-18-6-8-19(9-7-18)33-12-13-34(25(36)17-33)20-15-30-35(16-20)23-14-22(31-32-28(23)29)21-4-2-3-5-24(21)40-27(39)11-10-26(37)38/h2-5,14-16,18-19H,6-13,17H2,1H3,(H2,29,32)(H,37,38). The lowest BCUT2D eigenvalue weighted by atomic mass is 9.86. The number of aliphatic carboxylic acids is 1. The molecule has 1 aliphatic heterocycles. The van der Waals surface area contributed by atoms with E-state index >= 15 is 0 Å². The number of nitrogens with zero attached hydrogens (tertiary/aromatic N) is 6. The molecule has 1 amide bonds. The Kier molecular flexibility index (Phi) is 8.06. The molecule has 1 saturated carbocycles. The Morgan fingerprint density at radius 2 is 1.88 bits per heavy atom. The van der Waals surface area contributed by atoms with Gasteiger partial charge in [-0.15, -0.1) is 10.2 Å². The number of carbonyl (C=O) groups is 3. The third kappa shape index (κ3) is 6.12. The predicted molar refractivity (Wildman–Crippen MR) is 147 cm³/mol. The summed E-state index contributed by atoms with van der Waals surface area (Å²) in [6, 6.07) is 8.91. The van der Waals surface area contributed by atoms with Crippen LogP contribution in [0.25, 0.3) is 16.9 Å². The number of para-hydroxylation sites is 1. The van der Waals surface area contributed by atoms with E-state index in [1.165, 1.54) is 12.8 Å². The van der Waals surface area contributed by atoms with E-state index in [4.69, 9.17) is 15.6 Å². The maximum Gasteiger partial charge on any atom is 0.311 e. The van der Waals surface area contributed by atoms with Crippen LogP contribution >= 0.6 is 0 Å². The Bertz CT molecular complexity index is 1400. The second-order valence-electron chi connectivity index (χ2n) is 10.4. The van der Waals surface area contributed by atoms with Gasteiger partial charge in [-0.2, -0.15) is 5.10 Å². The smallest absolute Gasteiger partial charge is 0.311 e. The van der Waals surface area contributed by atoms with E-state index in [0.717, 1.165) is 25.3 Å². The summed E-state index contributed by atoms with van der Waals surface area (Å²) in [5.41, 5.74) is 8.14. The summed E-state index contributed by atoms with van der Waals surface area (Å²) < 4.78 is 6.96. The highest BCUT2D eigenvalue weighted by atomic mass is 16.5. The van der Waals surface area contributed by atoms with Gasteiger partial charge in [-0.25, -0.2) is 4.68 Å². The fourth-order valence-corrected chi connectivity index (χ4v) is 5.32. The fraction of sp³-hybridized carbons (Fsp3) is 0.429. The molecule has 3 heterocycles. The van der Waals surface area contributed by atoms with Crippen molar-refractivity contribution in [1.82, 2.24) is 24.9 Å². The number of piperazine rings is 1. The molecule has 3 N–H and O–H groups in total. The Hall–Kier alpha value is -4.32. The SMILES string of the molecule is CC1CCC(N2CCN(c3cnn(-c4cc(-c5ccccc5OC(=O)CCC(=O)O)nnc4N)c3)C(=O)C2)CC1. The van der Waals surface area contributed by atoms with E-state index in [9.17, 15) is 14.4 Å². The molecule has 2 fully saturated rings. The second-order valence-corrected chi connectivity index (χ2v) is 10.4. The largest absolute Gasteiger partial charge is 0.481 e. The van der Waals surface area contributed by atoms with Crippen LogP contribution in [0.15, 0.2) is 42.7 Å². The lowest BCUT2D eigenvalue weighted by Gasteiger charge is -2.40. The molecule has 3 aromatic rings. The maximum atomic E-state index is 13.1. The lowest BCUT2D eigenvalue weighted by molar-refractivity contribution is -0.142. The number of carboxylic acid groups (broad SMARTS) is 1. The minimum atomic E-state index is -1.08. The maximum absolute atomic E-state index is 13.1. The zero-order chi connectivity index (χ0) is 28.2. The van der Waals surface area contributed by atoms with Gasteiger partial charge in [0.25, 0.3) is 0 Å². The number of carbonyl (C=O) groups excluding carboxylic acids is 2. The van der Waals surface area contributed by atoms with E-state index in [1.807, 2.05) is 0 Å². The first-order chi connectivity index (χ1) is 19.3. The molecule has 1 aromatic carbocycles. The summed E-state index contributed by atoms with van der Waals surface area (Å²) in [6.45, 7) is 4.10. The van der Waals surface area contributed by atoms with Crippen LogP contribution in [-0.2, 0) is 14.4 Å². The van der Waals surface area contributed by atoms with Crippen LogP contribution in [0.1, 0.15) is 45.4 Å². The monoisotopic (exact) mass is 547 g/mol. The van der Waals surface area contributed by atoms with Crippen LogP contribution in [0, 0.1) is 5.92 Å². The summed E-state index contributed by atoms with van der Waals surface area (Å²) in [7, 11) is 0. The summed E-state index contributed by atoms with van der Waals surface area (Å²) in [5, 5.41) is 21.5. The number of hydrogen-bond acceptors (Lipinski definition) is 9. The van der Waals surface area contributed by atoms with Gasteiger partial charge < -0.3 is 20.5 Å². The van der Waals surface area contributed by atoms with Crippen LogP contribution < -0.4 is 15.4 Å². The van der Waals surface area contributed by atoms with Gasteiger partial charge in [0.2, 0.25) is 5.91 Å². The molecule has 0 bridgehead atoms. The molecule has 5 rings (SSSR count). The first kappa shape index (κ1) is 27.3. The molecule has 40 heavy (non-hydrogen) atoms. The molecule has 12 nitrogen and oxygen atoms in total. The Morgan fingerprint density at radius 1 is 1.10 bits per heavy atom. The molecule has 0 radical (unpaired) electrons. The topological polar surface area (TPSA) is 157 Å². The number of ether oxygens (including phenoxy) is 1. The van der Waals surface area contributed by atoms with Gasteiger partial charge in [-0.1, -0.05) is 19.1 Å². The van der Waals surface area contributed by atoms with Crippen LogP contribution in [0.3, 0.4) is 0 Å². The molecule has 210 valence electrons. The number of amides is 1. The van der Waals surface area contributed by atoms with Gasteiger partial charge in [0.15, 0.2) is 5.82 Å². The van der Waals surface area contributed by atoms with E-state index in [0.29, 0.717) is 41.8 Å². The third-order valence-electron chi connectivity index (χ3n) is 7.61. The summed E-state index contributed by atoms with van der Waals surface area (Å²) >= 11 is 0. The van der Waals surface area contributed by atoms with Crippen LogP contribution in [0.4, 0.5) is 11.5 Å². The minimum absolute atomic E-state index is 0.0459. The zero-order valence-electron chi connectivity index (χ0n) is 22.4. The average Bonchev–Trinajstić information content (AvgIpc) is 3.43. The average molecular weight is 548 g/mol. The van der Waals surface area contributed by atoms with Crippen LogP contribution in [0.5, 0.6) is 5.75 Å². The Balaban J connectivity index is 1.32. The molecule has 1 saturated heterocycles. The van der Waals surface area contributed by atoms with E-state index < -0.39 is 11.9 Å². The van der Waals surface area contributed by atoms with E-state index in [1.54, 1.807) is 52.3 Å². The summed E-state index contributed by atoms with van der Waals surface area (Å²) in [6.07, 6.45) is 7.51. The molecule has 2 aromatic heterocycles. The van der Waals surface area contributed by atoms with Crippen molar-refractivity contribution >= 4 is 29.4 Å². The molecule has 0 atom stereocenters.